The van der Waals surface area contributed by atoms with Crippen molar-refractivity contribution in [1.29, 1.82) is 0 Å². The topological polar surface area (TPSA) is 94.1 Å². The van der Waals surface area contributed by atoms with E-state index in [-0.39, 0.29) is 13.0 Å². The van der Waals surface area contributed by atoms with Crippen molar-refractivity contribution >= 4 is 11.9 Å². The minimum absolute atomic E-state index is 0.223. The first-order chi connectivity index (χ1) is 13.3. The number of aryl methyl sites for hydroxylation is 2. The molecule has 2 rings (SSSR count). The summed E-state index contributed by atoms with van der Waals surface area (Å²) in [6, 6.07) is 9.96. The summed E-state index contributed by atoms with van der Waals surface area (Å²) in [6.45, 7) is 3.60. The van der Waals surface area contributed by atoms with Gasteiger partial charge in [0, 0.05) is 11.6 Å². The number of carboxylic acids is 1. The normalized spacial score (nSPS) is 11.4. The van der Waals surface area contributed by atoms with Gasteiger partial charge in [0.05, 0.1) is 26.7 Å². The van der Waals surface area contributed by atoms with Gasteiger partial charge in [-0.2, -0.15) is 0 Å². The van der Waals surface area contributed by atoms with E-state index >= 15 is 0 Å². The number of carboxylic acid groups (broad SMARTS) is 1. The maximum Gasteiger partial charge on any atom is 0.305 e. The zero-order chi connectivity index (χ0) is 20.7. The van der Waals surface area contributed by atoms with Crippen molar-refractivity contribution in [3.05, 3.63) is 53.1 Å². The van der Waals surface area contributed by atoms with E-state index in [1.165, 1.54) is 14.2 Å². The van der Waals surface area contributed by atoms with E-state index in [1.807, 2.05) is 32.0 Å². The van der Waals surface area contributed by atoms with Gasteiger partial charge in [-0.15, -0.1) is 0 Å². The Hall–Kier alpha value is -3.22. The number of hydrogen-bond acceptors (Lipinski definition) is 5. The molecule has 0 radical (unpaired) electrons. The average Bonchev–Trinajstić information content (AvgIpc) is 2.67. The molecule has 2 N–H and O–H groups in total. The van der Waals surface area contributed by atoms with Crippen LogP contribution < -0.4 is 19.5 Å². The van der Waals surface area contributed by atoms with Crippen LogP contribution in [0.3, 0.4) is 0 Å². The van der Waals surface area contributed by atoms with Crippen molar-refractivity contribution < 1.29 is 28.9 Å². The molecule has 1 atom stereocenters. The van der Waals surface area contributed by atoms with Crippen molar-refractivity contribution in [2.75, 3.05) is 20.8 Å². The second-order valence-electron chi connectivity index (χ2n) is 6.38. The predicted molar refractivity (Wildman–Crippen MR) is 104 cm³/mol. The molecule has 0 saturated heterocycles. The smallest absolute Gasteiger partial charge is 0.305 e. The molecule has 0 bridgehead atoms. The van der Waals surface area contributed by atoms with Gasteiger partial charge in [0.1, 0.15) is 17.2 Å². The number of benzene rings is 2. The van der Waals surface area contributed by atoms with E-state index in [1.54, 1.807) is 18.2 Å². The number of rotatable bonds is 9. The number of carbonyl (C=O) groups excluding carboxylic acids is 1. The molecular formula is C21H25NO6. The monoisotopic (exact) mass is 387 g/mol. The molecule has 0 spiro atoms. The van der Waals surface area contributed by atoms with E-state index in [0.29, 0.717) is 22.8 Å². The number of nitrogens with one attached hydrogen (secondary N) is 1. The lowest BCUT2D eigenvalue weighted by Crippen LogP contribution is -2.34. The van der Waals surface area contributed by atoms with Crippen LogP contribution in [0.5, 0.6) is 17.2 Å². The van der Waals surface area contributed by atoms with Gasteiger partial charge in [-0.3, -0.25) is 9.59 Å². The number of carbonyl (C=O) groups is 2. The van der Waals surface area contributed by atoms with Gasteiger partial charge < -0.3 is 24.6 Å². The molecule has 1 amide bonds. The number of hydrogen-bond donors (Lipinski definition) is 2. The highest BCUT2D eigenvalue weighted by Crippen LogP contribution is 2.31. The molecule has 7 heteroatoms. The summed E-state index contributed by atoms with van der Waals surface area (Å²) >= 11 is 0. The maximum atomic E-state index is 12.4. The van der Waals surface area contributed by atoms with Crippen LogP contribution in [0.1, 0.15) is 29.2 Å². The van der Waals surface area contributed by atoms with Gasteiger partial charge in [0.15, 0.2) is 6.61 Å². The molecule has 0 saturated carbocycles. The summed E-state index contributed by atoms with van der Waals surface area (Å²) in [4.78, 5) is 23.7. The predicted octanol–water partition coefficient (Wildman–Crippen LogP) is 3.03. The summed E-state index contributed by atoms with van der Waals surface area (Å²) in [5.74, 6) is 0.149. The lowest BCUT2D eigenvalue weighted by molar-refractivity contribution is -0.137. The third kappa shape index (κ3) is 5.64. The highest BCUT2D eigenvalue weighted by atomic mass is 16.5. The third-order valence-corrected chi connectivity index (χ3v) is 4.23. The minimum Gasteiger partial charge on any atom is -0.497 e. The van der Waals surface area contributed by atoms with Crippen LogP contribution in [0.4, 0.5) is 0 Å². The second-order valence-corrected chi connectivity index (χ2v) is 6.38. The fraction of sp³-hybridized carbons (Fsp3) is 0.333. The maximum absolute atomic E-state index is 12.4. The van der Waals surface area contributed by atoms with Crippen LogP contribution in [0, 0.1) is 13.8 Å². The Kier molecular flexibility index (Phi) is 7.26. The molecule has 0 aliphatic rings. The van der Waals surface area contributed by atoms with Crippen molar-refractivity contribution in [3.63, 3.8) is 0 Å². The van der Waals surface area contributed by atoms with Crippen molar-refractivity contribution in [3.8, 4) is 17.2 Å². The molecule has 2 aromatic rings. The van der Waals surface area contributed by atoms with Crippen LogP contribution in [-0.4, -0.2) is 37.8 Å². The molecule has 0 heterocycles. The van der Waals surface area contributed by atoms with Crippen LogP contribution in [-0.2, 0) is 9.59 Å². The SMILES string of the molecule is COc1ccc(C(CC(=O)O)NC(=O)COc2cc(C)ccc2C)c(OC)c1. The highest BCUT2D eigenvalue weighted by molar-refractivity contribution is 5.79. The Morgan fingerprint density at radius 2 is 1.79 bits per heavy atom. The summed E-state index contributed by atoms with van der Waals surface area (Å²) in [5, 5.41) is 12.0. The standard InChI is InChI=1S/C21H25NO6/c1-13-5-6-14(2)18(9-13)28-12-20(23)22-17(11-21(24)25)16-8-7-15(26-3)10-19(16)27-4/h5-10,17H,11-12H2,1-4H3,(H,22,23)(H,24,25). The Bertz CT molecular complexity index is 849. The average molecular weight is 387 g/mol. The molecule has 2 aromatic carbocycles. The molecular weight excluding hydrogens is 362 g/mol. The first-order valence-electron chi connectivity index (χ1n) is 8.77. The van der Waals surface area contributed by atoms with Crippen LogP contribution in [0.25, 0.3) is 0 Å². The fourth-order valence-corrected chi connectivity index (χ4v) is 2.76. The van der Waals surface area contributed by atoms with Gasteiger partial charge in [0.25, 0.3) is 5.91 Å². The summed E-state index contributed by atoms with van der Waals surface area (Å²) < 4.78 is 16.1. The van der Waals surface area contributed by atoms with Gasteiger partial charge >= 0.3 is 5.97 Å². The van der Waals surface area contributed by atoms with E-state index in [2.05, 4.69) is 5.32 Å². The number of ether oxygens (including phenoxy) is 3. The highest BCUT2D eigenvalue weighted by Gasteiger charge is 2.22. The van der Waals surface area contributed by atoms with Crippen molar-refractivity contribution in [2.24, 2.45) is 0 Å². The molecule has 0 aromatic heterocycles. The van der Waals surface area contributed by atoms with E-state index < -0.39 is 17.9 Å². The zero-order valence-corrected chi connectivity index (χ0v) is 16.4. The summed E-state index contributed by atoms with van der Waals surface area (Å²) in [7, 11) is 3.00. The Morgan fingerprint density at radius 3 is 2.43 bits per heavy atom. The molecule has 0 fully saturated rings. The largest absolute Gasteiger partial charge is 0.497 e. The number of methoxy groups -OCH3 is 2. The van der Waals surface area contributed by atoms with E-state index in [9.17, 15) is 14.7 Å². The van der Waals surface area contributed by atoms with Crippen molar-refractivity contribution in [1.82, 2.24) is 5.32 Å². The van der Waals surface area contributed by atoms with Gasteiger partial charge in [-0.25, -0.2) is 0 Å². The third-order valence-electron chi connectivity index (χ3n) is 4.23. The molecule has 0 aliphatic carbocycles. The van der Waals surface area contributed by atoms with Crippen LogP contribution in [0.15, 0.2) is 36.4 Å². The molecule has 28 heavy (non-hydrogen) atoms. The van der Waals surface area contributed by atoms with Gasteiger partial charge in [-0.05, 0) is 43.2 Å². The first-order valence-corrected chi connectivity index (χ1v) is 8.77. The van der Waals surface area contributed by atoms with E-state index in [4.69, 9.17) is 14.2 Å². The summed E-state index contributed by atoms with van der Waals surface area (Å²) in [5.41, 5.74) is 2.48. The Labute approximate surface area is 164 Å². The Morgan fingerprint density at radius 1 is 1.04 bits per heavy atom. The Balaban J connectivity index is 2.14. The summed E-state index contributed by atoms with van der Waals surface area (Å²) in [6.07, 6.45) is -0.294. The van der Waals surface area contributed by atoms with Gasteiger partial charge in [-0.1, -0.05) is 12.1 Å². The minimum atomic E-state index is -1.04. The fourth-order valence-electron chi connectivity index (χ4n) is 2.76. The quantitative estimate of drug-likeness (QED) is 0.687. The number of aliphatic carboxylic acids is 1. The van der Waals surface area contributed by atoms with Crippen LogP contribution in [0.2, 0.25) is 0 Å². The molecule has 1 unspecified atom stereocenters. The lowest BCUT2D eigenvalue weighted by atomic mass is 10.0. The number of amides is 1. The molecule has 150 valence electrons. The van der Waals surface area contributed by atoms with Crippen molar-refractivity contribution in [2.45, 2.75) is 26.3 Å². The van der Waals surface area contributed by atoms with Crippen LogP contribution >= 0.6 is 0 Å². The lowest BCUT2D eigenvalue weighted by Gasteiger charge is -2.21. The van der Waals surface area contributed by atoms with Gasteiger partial charge in [0.2, 0.25) is 0 Å². The van der Waals surface area contributed by atoms with E-state index in [0.717, 1.165) is 11.1 Å². The second kappa shape index (κ2) is 9.64. The zero-order valence-electron chi connectivity index (χ0n) is 16.4. The first kappa shape index (κ1) is 21.1. The molecule has 0 aliphatic heterocycles. The molecule has 7 nitrogen and oxygen atoms in total.